The predicted octanol–water partition coefficient (Wildman–Crippen LogP) is 5.73. The molecule has 2 atom stereocenters. The van der Waals surface area contributed by atoms with Gasteiger partial charge < -0.3 is 18.8 Å². The van der Waals surface area contributed by atoms with Crippen molar-refractivity contribution in [1.29, 1.82) is 0 Å². The van der Waals surface area contributed by atoms with Crippen LogP contribution in [0, 0.1) is 0 Å². The molecule has 4 aromatic carbocycles. The molecule has 0 saturated carbocycles. The van der Waals surface area contributed by atoms with E-state index in [1.54, 1.807) is 20.2 Å². The zero-order valence-corrected chi connectivity index (χ0v) is 22.1. The van der Waals surface area contributed by atoms with Gasteiger partial charge in [0.2, 0.25) is 0 Å². The number of carbonyl (C=O) groups excluding carboxylic acids is 1. The van der Waals surface area contributed by atoms with Gasteiger partial charge >= 0.3 is 7.12 Å². The molecule has 1 aliphatic heterocycles. The van der Waals surface area contributed by atoms with Crippen molar-refractivity contribution in [2.24, 2.45) is 0 Å². The summed E-state index contributed by atoms with van der Waals surface area (Å²) in [6, 6.07) is 40.0. The highest BCUT2D eigenvalue weighted by molar-refractivity contribution is 6.51. The molecule has 196 valence electrons. The number of hydrogen-bond acceptors (Lipinski definition) is 5. The Balaban J connectivity index is 1.81. The Morgan fingerprint density at radius 2 is 0.897 bits per heavy atom. The Bertz CT molecular complexity index is 1180. The number of hydrogen-bond donors (Lipinski definition) is 0. The fourth-order valence-corrected chi connectivity index (χ4v) is 5.75. The van der Waals surface area contributed by atoms with Crippen LogP contribution < -0.4 is 0 Å². The standard InChI is InChI=1S/C33H31BO5/c1-36-32(26-16-7-3-8-17-26,27-18-9-4-10-19-27)30-31(39-34(38-30)24-15-25-35)33(37-2,28-20-11-5-12-21-28)29-22-13-6-14-23-29/h3-25,30-31H,1-2H3/b24-15+/t30-,31-/m1/s1. The van der Waals surface area contributed by atoms with Crippen molar-refractivity contribution < 1.29 is 23.6 Å². The second kappa shape index (κ2) is 11.9. The molecule has 5 rings (SSSR count). The average Bonchev–Trinajstić information content (AvgIpc) is 3.44. The lowest BCUT2D eigenvalue weighted by molar-refractivity contribution is -0.136. The van der Waals surface area contributed by atoms with Crippen molar-refractivity contribution in [2.45, 2.75) is 23.4 Å². The molecule has 0 spiro atoms. The lowest BCUT2D eigenvalue weighted by atomic mass is 9.71. The third kappa shape index (κ3) is 4.77. The molecule has 1 heterocycles. The molecule has 0 N–H and O–H groups in total. The van der Waals surface area contributed by atoms with Gasteiger partial charge in [-0.05, 0) is 28.3 Å². The van der Waals surface area contributed by atoms with E-state index in [4.69, 9.17) is 18.8 Å². The van der Waals surface area contributed by atoms with Crippen molar-refractivity contribution in [3.8, 4) is 0 Å². The summed E-state index contributed by atoms with van der Waals surface area (Å²) in [5.74, 6) is 1.62. The highest BCUT2D eigenvalue weighted by atomic mass is 16.7. The number of ether oxygens (including phenoxy) is 2. The molecule has 39 heavy (non-hydrogen) atoms. The molecule has 1 aliphatic rings. The lowest BCUT2D eigenvalue weighted by Crippen LogP contribution is -2.56. The minimum atomic E-state index is -1.08. The normalized spacial score (nSPS) is 17.9. The molecule has 6 heteroatoms. The Morgan fingerprint density at radius 1 is 0.590 bits per heavy atom. The average molecular weight is 518 g/mol. The first-order valence-electron chi connectivity index (χ1n) is 13.0. The van der Waals surface area contributed by atoms with Crippen LogP contribution >= 0.6 is 0 Å². The van der Waals surface area contributed by atoms with Crippen LogP contribution in [-0.4, -0.2) is 39.8 Å². The van der Waals surface area contributed by atoms with E-state index in [1.165, 1.54) is 6.08 Å². The van der Waals surface area contributed by atoms with Crippen LogP contribution in [0.5, 0.6) is 0 Å². The van der Waals surface area contributed by atoms with E-state index in [2.05, 4.69) is 0 Å². The van der Waals surface area contributed by atoms with Gasteiger partial charge in [-0.1, -0.05) is 127 Å². The molecule has 1 fully saturated rings. The maximum atomic E-state index is 11.3. The van der Waals surface area contributed by atoms with Gasteiger partial charge in [0.1, 0.15) is 29.7 Å². The van der Waals surface area contributed by atoms with Crippen LogP contribution in [0.25, 0.3) is 0 Å². The van der Waals surface area contributed by atoms with Crippen molar-refractivity contribution in [1.82, 2.24) is 0 Å². The Labute approximate surface area is 230 Å². The smallest absolute Gasteiger partial charge is 0.398 e. The zero-order valence-electron chi connectivity index (χ0n) is 22.1. The van der Waals surface area contributed by atoms with Gasteiger partial charge in [-0.25, -0.2) is 0 Å². The van der Waals surface area contributed by atoms with Crippen molar-refractivity contribution >= 4 is 13.4 Å². The Hall–Kier alpha value is -3.81. The van der Waals surface area contributed by atoms with E-state index in [1.807, 2.05) is 121 Å². The first-order chi connectivity index (χ1) is 19.2. The van der Waals surface area contributed by atoms with E-state index >= 15 is 0 Å². The van der Waals surface area contributed by atoms with Crippen molar-refractivity contribution in [3.63, 3.8) is 0 Å². The van der Waals surface area contributed by atoms with E-state index in [0.717, 1.165) is 22.3 Å². The van der Waals surface area contributed by atoms with Crippen LogP contribution in [0.3, 0.4) is 0 Å². The fourth-order valence-electron chi connectivity index (χ4n) is 5.75. The summed E-state index contributed by atoms with van der Waals surface area (Å²) in [6.45, 7) is 0. The third-order valence-electron chi connectivity index (χ3n) is 7.44. The van der Waals surface area contributed by atoms with E-state index in [-0.39, 0.29) is 0 Å². The van der Waals surface area contributed by atoms with Gasteiger partial charge in [-0.2, -0.15) is 0 Å². The monoisotopic (exact) mass is 518 g/mol. The molecule has 4 aromatic rings. The second-order valence-electron chi connectivity index (χ2n) is 9.35. The molecular formula is C33H31BO5. The van der Waals surface area contributed by atoms with Gasteiger partial charge in [-0.3, -0.25) is 4.79 Å². The summed E-state index contributed by atoms with van der Waals surface area (Å²) in [6.07, 6.45) is 0.705. The van der Waals surface area contributed by atoms with E-state index < -0.39 is 30.5 Å². The number of rotatable bonds is 10. The van der Waals surface area contributed by atoms with Gasteiger partial charge in [0, 0.05) is 14.2 Å². The molecule has 0 unspecified atom stereocenters. The number of aldehydes is 1. The van der Waals surface area contributed by atoms with E-state index in [0.29, 0.717) is 6.29 Å². The number of benzene rings is 4. The summed E-state index contributed by atoms with van der Waals surface area (Å²) in [4.78, 5) is 11.3. The van der Waals surface area contributed by atoms with Gasteiger partial charge in [0.25, 0.3) is 0 Å². The molecule has 0 radical (unpaired) electrons. The van der Waals surface area contributed by atoms with E-state index in [9.17, 15) is 4.79 Å². The Morgan fingerprint density at radius 3 is 1.15 bits per heavy atom. The SMILES string of the molecule is COC(c1ccccc1)(c1ccccc1)[C@@H]1OB(/C=C/C=O)O[C@H]1C(OC)(c1ccccc1)c1ccccc1. The Kier molecular flexibility index (Phi) is 8.20. The maximum Gasteiger partial charge on any atom is 0.487 e. The number of methoxy groups -OCH3 is 2. The first-order valence-corrected chi connectivity index (χ1v) is 13.0. The quantitative estimate of drug-likeness (QED) is 0.152. The van der Waals surface area contributed by atoms with Crippen molar-refractivity contribution in [3.05, 3.63) is 156 Å². The summed E-state index contributed by atoms with van der Waals surface area (Å²) >= 11 is 0. The summed E-state index contributed by atoms with van der Waals surface area (Å²) < 4.78 is 26.5. The van der Waals surface area contributed by atoms with Gasteiger partial charge in [-0.15, -0.1) is 0 Å². The minimum absolute atomic E-state index is 0.700. The summed E-state index contributed by atoms with van der Waals surface area (Å²) in [5, 5.41) is 0. The number of allylic oxidation sites excluding steroid dienone is 1. The molecule has 5 nitrogen and oxygen atoms in total. The van der Waals surface area contributed by atoms with Crippen LogP contribution in [0.4, 0.5) is 0 Å². The minimum Gasteiger partial charge on any atom is -0.398 e. The largest absolute Gasteiger partial charge is 0.487 e. The molecule has 0 amide bonds. The first kappa shape index (κ1) is 26.8. The van der Waals surface area contributed by atoms with Crippen LogP contribution in [-0.2, 0) is 34.8 Å². The second-order valence-corrected chi connectivity index (χ2v) is 9.35. The van der Waals surface area contributed by atoms with Gasteiger partial charge in [0.05, 0.1) is 0 Å². The fraction of sp³-hybridized carbons (Fsp3) is 0.182. The topological polar surface area (TPSA) is 54.0 Å². The molecule has 1 saturated heterocycles. The molecule has 0 aliphatic carbocycles. The van der Waals surface area contributed by atoms with Gasteiger partial charge in [0.15, 0.2) is 0 Å². The molecule has 0 aromatic heterocycles. The summed E-state index contributed by atoms with van der Waals surface area (Å²) in [5.41, 5.74) is 1.47. The molecule has 0 bridgehead atoms. The zero-order chi connectivity index (χ0) is 27.1. The maximum absolute atomic E-state index is 11.3. The number of carbonyl (C=O) groups is 1. The summed E-state index contributed by atoms with van der Waals surface area (Å²) in [7, 11) is 2.57. The highest BCUT2D eigenvalue weighted by Crippen LogP contribution is 2.50. The van der Waals surface area contributed by atoms with Crippen LogP contribution in [0.2, 0.25) is 0 Å². The highest BCUT2D eigenvalue weighted by Gasteiger charge is 2.61. The van der Waals surface area contributed by atoms with Crippen molar-refractivity contribution in [2.75, 3.05) is 14.2 Å². The molecular weight excluding hydrogens is 487 g/mol. The predicted molar refractivity (Wildman–Crippen MR) is 152 cm³/mol. The van der Waals surface area contributed by atoms with Crippen LogP contribution in [0.1, 0.15) is 22.3 Å². The van der Waals surface area contributed by atoms with Crippen LogP contribution in [0.15, 0.2) is 133 Å². The third-order valence-corrected chi connectivity index (χ3v) is 7.44. The lowest BCUT2D eigenvalue weighted by Gasteiger charge is -2.46.